The van der Waals surface area contributed by atoms with E-state index in [0.29, 0.717) is 5.56 Å². The van der Waals surface area contributed by atoms with E-state index >= 15 is 0 Å². The summed E-state index contributed by atoms with van der Waals surface area (Å²) >= 11 is -2.44. The Morgan fingerprint density at radius 3 is 2.27 bits per heavy atom. The van der Waals surface area contributed by atoms with Gasteiger partial charge in [0.25, 0.3) is 5.69 Å². The Morgan fingerprint density at radius 2 is 1.93 bits per heavy atom. The van der Waals surface area contributed by atoms with Crippen LogP contribution >= 0.6 is 0 Å². The van der Waals surface area contributed by atoms with Crippen LogP contribution < -0.4 is 0 Å². The first-order chi connectivity index (χ1) is 7.06. The van der Waals surface area contributed by atoms with Crippen molar-refractivity contribution in [1.29, 1.82) is 0 Å². The number of aliphatic hydroxyl groups is 1. The summed E-state index contributed by atoms with van der Waals surface area (Å²) in [5.74, 6) is 0. The van der Waals surface area contributed by atoms with E-state index in [1.165, 1.54) is 24.3 Å². The van der Waals surface area contributed by atoms with Gasteiger partial charge in [0.05, 0.1) is 16.8 Å². The summed E-state index contributed by atoms with van der Waals surface area (Å²) in [6.07, 6.45) is 0. The summed E-state index contributed by atoms with van der Waals surface area (Å²) in [7, 11) is 0. The van der Waals surface area contributed by atoms with Gasteiger partial charge in [-0.05, 0) is 16.6 Å². The predicted octanol–water partition coefficient (Wildman–Crippen LogP) is 0.507. The molecule has 0 spiro atoms. The normalized spacial score (nSPS) is 14.5. The van der Waals surface area contributed by atoms with E-state index in [-0.39, 0.29) is 5.69 Å². The number of non-ortho nitro benzene ring substituents is 1. The highest BCUT2D eigenvalue weighted by Crippen LogP contribution is 2.21. The van der Waals surface area contributed by atoms with Gasteiger partial charge < -0.3 is 9.66 Å². The Morgan fingerprint density at radius 1 is 1.40 bits per heavy atom. The average molecular weight is 230 g/mol. The molecule has 15 heavy (non-hydrogen) atoms. The number of aliphatic hydroxyl groups excluding tert-OH is 1. The zero-order valence-corrected chi connectivity index (χ0v) is 8.35. The number of hydrogen-bond donors (Lipinski definition) is 1. The molecule has 0 aliphatic heterocycles. The molecule has 0 saturated carbocycles. The van der Waals surface area contributed by atoms with Crippen molar-refractivity contribution >= 4 is 16.8 Å². The minimum atomic E-state index is -2.44. The van der Waals surface area contributed by atoms with E-state index in [1.54, 1.807) is 0 Å². The predicted molar refractivity (Wildman–Crippen MR) is 51.8 cm³/mol. The number of nitrogens with zero attached hydrogens (tertiary/aromatic N) is 1. The molecular formula is C8H8NO5S-. The van der Waals surface area contributed by atoms with Crippen molar-refractivity contribution in [3.63, 3.8) is 0 Å². The van der Waals surface area contributed by atoms with Gasteiger partial charge in [-0.2, -0.15) is 0 Å². The van der Waals surface area contributed by atoms with Gasteiger partial charge in [0.2, 0.25) is 0 Å². The molecule has 1 aromatic carbocycles. The Bertz CT molecular complexity index is 377. The Balaban J connectivity index is 2.97. The number of benzene rings is 1. The van der Waals surface area contributed by atoms with E-state index < -0.39 is 27.9 Å². The molecule has 0 fully saturated rings. The van der Waals surface area contributed by atoms with Crippen LogP contribution in [-0.2, 0) is 11.1 Å². The summed E-state index contributed by atoms with van der Waals surface area (Å²) in [6, 6.07) is 5.03. The van der Waals surface area contributed by atoms with E-state index in [2.05, 4.69) is 0 Å². The molecule has 0 amide bonds. The van der Waals surface area contributed by atoms with E-state index in [4.69, 9.17) is 5.11 Å². The lowest BCUT2D eigenvalue weighted by molar-refractivity contribution is -0.384. The molecule has 7 heteroatoms. The van der Waals surface area contributed by atoms with Crippen molar-refractivity contribution in [2.24, 2.45) is 0 Å². The van der Waals surface area contributed by atoms with Crippen LogP contribution in [0.1, 0.15) is 10.8 Å². The van der Waals surface area contributed by atoms with Crippen molar-refractivity contribution in [3.05, 3.63) is 39.9 Å². The molecule has 1 aromatic rings. The summed E-state index contributed by atoms with van der Waals surface area (Å²) in [6.45, 7) is -0.548. The monoisotopic (exact) mass is 230 g/mol. The summed E-state index contributed by atoms with van der Waals surface area (Å²) in [5.41, 5.74) is 0.212. The van der Waals surface area contributed by atoms with Crippen molar-refractivity contribution in [3.8, 4) is 0 Å². The first kappa shape index (κ1) is 11.8. The number of hydrogen-bond acceptors (Lipinski definition) is 5. The van der Waals surface area contributed by atoms with Crippen LogP contribution in [0.4, 0.5) is 5.69 Å². The van der Waals surface area contributed by atoms with Crippen LogP contribution in [0.3, 0.4) is 0 Å². The van der Waals surface area contributed by atoms with Gasteiger partial charge in [-0.1, -0.05) is 12.1 Å². The zero-order chi connectivity index (χ0) is 11.4. The van der Waals surface area contributed by atoms with Gasteiger partial charge in [-0.25, -0.2) is 0 Å². The molecule has 0 saturated heterocycles. The molecule has 0 aliphatic rings. The second kappa shape index (κ2) is 4.96. The standard InChI is InChI=1S/C8H9NO5S/c10-5-8(15(13)14)6-1-3-7(4-2-6)9(11)12/h1-4,8,10H,5H2,(H,13,14)/p-1. The number of nitro groups is 1. The van der Waals surface area contributed by atoms with Gasteiger partial charge >= 0.3 is 0 Å². The Hall–Kier alpha value is -1.31. The molecule has 0 aliphatic carbocycles. The molecule has 2 unspecified atom stereocenters. The molecule has 6 nitrogen and oxygen atoms in total. The molecule has 82 valence electrons. The highest BCUT2D eigenvalue weighted by molar-refractivity contribution is 7.79. The maximum atomic E-state index is 10.7. The summed E-state index contributed by atoms with van der Waals surface area (Å²) < 4.78 is 21.3. The quantitative estimate of drug-likeness (QED) is 0.461. The minimum Gasteiger partial charge on any atom is -0.772 e. The van der Waals surface area contributed by atoms with Crippen LogP contribution in [0.15, 0.2) is 24.3 Å². The molecule has 0 heterocycles. The largest absolute Gasteiger partial charge is 0.772 e. The van der Waals surface area contributed by atoms with Gasteiger partial charge in [0.1, 0.15) is 0 Å². The fourth-order valence-electron chi connectivity index (χ4n) is 1.09. The fraction of sp³-hybridized carbons (Fsp3) is 0.250. The van der Waals surface area contributed by atoms with Crippen molar-refractivity contribution in [2.45, 2.75) is 5.25 Å². The summed E-state index contributed by atoms with van der Waals surface area (Å²) in [4.78, 5) is 9.74. The lowest BCUT2D eigenvalue weighted by atomic mass is 10.1. The Kier molecular flexibility index (Phi) is 3.89. The first-order valence-corrected chi connectivity index (χ1v) is 5.13. The van der Waals surface area contributed by atoms with Crippen molar-refractivity contribution in [2.75, 3.05) is 6.61 Å². The lowest BCUT2D eigenvalue weighted by Gasteiger charge is -2.16. The molecule has 1 N–H and O–H groups in total. The maximum Gasteiger partial charge on any atom is 0.269 e. The third-order valence-corrected chi connectivity index (χ3v) is 2.76. The fourth-order valence-corrected chi connectivity index (χ4v) is 1.59. The van der Waals surface area contributed by atoms with Crippen LogP contribution in [0.5, 0.6) is 0 Å². The highest BCUT2D eigenvalue weighted by Gasteiger charge is 2.12. The van der Waals surface area contributed by atoms with Crippen LogP contribution in [0, 0.1) is 10.1 Å². The summed E-state index contributed by atoms with van der Waals surface area (Å²) in [5, 5.41) is 18.1. The third-order valence-electron chi connectivity index (χ3n) is 1.87. The molecule has 1 rings (SSSR count). The minimum absolute atomic E-state index is 0.118. The highest BCUT2D eigenvalue weighted by atomic mass is 32.2. The SMILES string of the molecule is O=[N+]([O-])c1ccc(C(CO)S(=O)[O-])cc1. The van der Waals surface area contributed by atoms with Crippen LogP contribution in [-0.4, -0.2) is 25.4 Å². The van der Waals surface area contributed by atoms with Gasteiger partial charge in [-0.15, -0.1) is 0 Å². The molecule has 0 radical (unpaired) electrons. The Labute approximate surface area is 88.0 Å². The molecular weight excluding hydrogens is 222 g/mol. The molecule has 0 bridgehead atoms. The van der Waals surface area contributed by atoms with Gasteiger partial charge in [0, 0.05) is 12.1 Å². The molecule has 0 aromatic heterocycles. The van der Waals surface area contributed by atoms with Crippen molar-refractivity contribution in [1.82, 2.24) is 0 Å². The third kappa shape index (κ3) is 2.82. The average Bonchev–Trinajstić information content (AvgIpc) is 2.19. The first-order valence-electron chi connectivity index (χ1n) is 3.99. The smallest absolute Gasteiger partial charge is 0.269 e. The van der Waals surface area contributed by atoms with Gasteiger partial charge in [-0.3, -0.25) is 14.3 Å². The number of nitro benzene ring substituents is 1. The van der Waals surface area contributed by atoms with E-state index in [9.17, 15) is 18.9 Å². The lowest BCUT2D eigenvalue weighted by Crippen LogP contribution is -2.10. The second-order valence-electron chi connectivity index (χ2n) is 2.78. The van der Waals surface area contributed by atoms with Crippen molar-refractivity contribution < 1.29 is 18.8 Å². The second-order valence-corrected chi connectivity index (χ2v) is 3.87. The number of rotatable bonds is 4. The van der Waals surface area contributed by atoms with Crippen LogP contribution in [0.2, 0.25) is 0 Å². The van der Waals surface area contributed by atoms with E-state index in [0.717, 1.165) is 0 Å². The molecule has 2 atom stereocenters. The van der Waals surface area contributed by atoms with Gasteiger partial charge in [0.15, 0.2) is 0 Å². The van der Waals surface area contributed by atoms with E-state index in [1.807, 2.05) is 0 Å². The maximum absolute atomic E-state index is 10.7. The zero-order valence-electron chi connectivity index (χ0n) is 7.53. The van der Waals surface area contributed by atoms with Crippen LogP contribution in [0.25, 0.3) is 0 Å². The topological polar surface area (TPSA) is 104 Å².